The number of carbonyl (C=O) groups excluding carboxylic acids is 3. The molecule has 0 fully saturated rings. The number of anilines is 1. The minimum atomic E-state index is -1.34. The summed E-state index contributed by atoms with van der Waals surface area (Å²) in [5, 5.41) is 14.4. The van der Waals surface area contributed by atoms with E-state index in [2.05, 4.69) is 11.4 Å². The van der Waals surface area contributed by atoms with Gasteiger partial charge in [-0.05, 0) is 54.4 Å². The van der Waals surface area contributed by atoms with Gasteiger partial charge in [0.1, 0.15) is 17.2 Å². The minimum Gasteiger partial charge on any atom is -0.443 e. The highest BCUT2D eigenvalue weighted by Gasteiger charge is 2.24. The topological polar surface area (TPSA) is 108 Å². The van der Waals surface area contributed by atoms with Crippen LogP contribution in [-0.4, -0.2) is 23.5 Å². The van der Waals surface area contributed by atoms with Crippen LogP contribution in [0.1, 0.15) is 44.7 Å². The second kappa shape index (κ2) is 12.0. The van der Waals surface area contributed by atoms with Crippen molar-refractivity contribution in [3.05, 3.63) is 98.5 Å². The van der Waals surface area contributed by atoms with Crippen LogP contribution in [0.4, 0.5) is 19.3 Å². The summed E-state index contributed by atoms with van der Waals surface area (Å²) >= 11 is 18.0. The highest BCUT2D eigenvalue weighted by molar-refractivity contribution is 6.35. The van der Waals surface area contributed by atoms with E-state index >= 15 is 0 Å². The molecule has 3 rings (SSSR count). The predicted octanol–water partition coefficient (Wildman–Crippen LogP) is 6.63. The van der Waals surface area contributed by atoms with Crippen LogP contribution < -0.4 is 10.6 Å². The molecule has 0 heterocycles. The Hall–Kier alpha value is -3.71. The van der Waals surface area contributed by atoms with Gasteiger partial charge < -0.3 is 10.1 Å². The van der Waals surface area contributed by atoms with Gasteiger partial charge in [0, 0.05) is 10.0 Å². The predicted molar refractivity (Wildman–Crippen MR) is 134 cm³/mol. The van der Waals surface area contributed by atoms with Gasteiger partial charge in [-0.2, -0.15) is 5.26 Å². The number of benzene rings is 3. The van der Waals surface area contributed by atoms with Crippen molar-refractivity contribution in [3.63, 3.8) is 0 Å². The van der Waals surface area contributed by atoms with Crippen molar-refractivity contribution in [1.29, 1.82) is 5.26 Å². The molecule has 1 unspecified atom stereocenters. The number of alkyl halides is 1. The van der Waals surface area contributed by atoms with Gasteiger partial charge in [0.2, 0.25) is 0 Å². The smallest absolute Gasteiger partial charge is 0.341 e. The summed E-state index contributed by atoms with van der Waals surface area (Å²) in [7, 11) is 0. The Bertz CT molecular complexity index is 1410. The van der Waals surface area contributed by atoms with E-state index in [0.717, 1.165) is 18.2 Å². The molecule has 0 aliphatic rings. The summed E-state index contributed by atoms with van der Waals surface area (Å²) in [5.74, 6) is -5.56. The fourth-order valence-corrected chi connectivity index (χ4v) is 3.92. The van der Waals surface area contributed by atoms with Crippen LogP contribution in [0, 0.1) is 23.0 Å². The van der Waals surface area contributed by atoms with E-state index in [9.17, 15) is 28.4 Å². The standard InChI is InChI=1S/C25H16Cl3F2N3O4/c1-12(26)37-24(35)16-9-13(17(11-31)15-7-6-14(27)10-18(15)28)5-8-21(16)32-25(36)33-23(34)22-19(29)3-2-4-20(22)30/h2-10,12,17H,1H3,(H2,32,33,34,36)/t12-,17?/m1/s1. The number of nitrogens with one attached hydrogen (secondary N) is 2. The zero-order valence-electron chi connectivity index (χ0n) is 18.8. The van der Waals surface area contributed by atoms with Crippen LogP contribution >= 0.6 is 34.8 Å². The largest absolute Gasteiger partial charge is 0.443 e. The average molecular weight is 567 g/mol. The number of halogens is 5. The zero-order valence-corrected chi connectivity index (χ0v) is 21.1. The number of urea groups is 1. The first-order valence-corrected chi connectivity index (χ1v) is 11.6. The number of carbonyl (C=O) groups is 3. The molecule has 12 heteroatoms. The SMILES string of the molecule is C[C@H](Cl)OC(=O)c1cc(C(C#N)c2ccc(Cl)cc2Cl)ccc1NC(=O)NC(=O)c1c(F)cccc1F. The number of amides is 3. The molecule has 0 aliphatic carbocycles. The maximum Gasteiger partial charge on any atom is 0.341 e. The summed E-state index contributed by atoms with van der Waals surface area (Å²) in [4.78, 5) is 37.4. The maximum absolute atomic E-state index is 13.9. The Labute approximate surface area is 224 Å². The molecule has 2 N–H and O–H groups in total. The number of hydrogen-bond acceptors (Lipinski definition) is 5. The Morgan fingerprint density at radius 3 is 2.30 bits per heavy atom. The fraction of sp³-hybridized carbons (Fsp3) is 0.120. The summed E-state index contributed by atoms with van der Waals surface area (Å²) in [6, 6.07) is 12.3. The van der Waals surface area contributed by atoms with Gasteiger partial charge in [-0.3, -0.25) is 10.1 Å². The lowest BCUT2D eigenvalue weighted by Crippen LogP contribution is -2.35. The van der Waals surface area contributed by atoms with Crippen LogP contribution in [-0.2, 0) is 4.74 Å². The van der Waals surface area contributed by atoms with E-state index in [1.165, 1.54) is 31.2 Å². The first kappa shape index (κ1) is 27.9. The van der Waals surface area contributed by atoms with Gasteiger partial charge in [0.15, 0.2) is 5.56 Å². The van der Waals surface area contributed by atoms with E-state index in [4.69, 9.17) is 39.5 Å². The lowest BCUT2D eigenvalue weighted by molar-refractivity contribution is 0.0473. The lowest BCUT2D eigenvalue weighted by Gasteiger charge is -2.17. The summed E-state index contributed by atoms with van der Waals surface area (Å²) < 4.78 is 32.7. The molecular formula is C25H16Cl3F2N3O4. The molecule has 37 heavy (non-hydrogen) atoms. The summed E-state index contributed by atoms with van der Waals surface area (Å²) in [5.41, 5.74) is -1.62. The Morgan fingerprint density at radius 1 is 1.03 bits per heavy atom. The highest BCUT2D eigenvalue weighted by Crippen LogP contribution is 2.33. The van der Waals surface area contributed by atoms with Gasteiger partial charge in [0.25, 0.3) is 5.91 Å². The van der Waals surface area contributed by atoms with Crippen molar-refractivity contribution in [2.24, 2.45) is 0 Å². The van der Waals surface area contributed by atoms with E-state index in [-0.39, 0.29) is 16.3 Å². The number of hydrogen-bond donors (Lipinski definition) is 2. The third kappa shape index (κ3) is 6.74. The zero-order chi connectivity index (χ0) is 27.3. The van der Waals surface area contributed by atoms with E-state index in [1.807, 2.05) is 0 Å². The van der Waals surface area contributed by atoms with Gasteiger partial charge in [-0.25, -0.2) is 18.4 Å². The number of nitrogens with zero attached hydrogens (tertiary/aromatic N) is 1. The molecule has 0 radical (unpaired) electrons. The van der Waals surface area contributed by atoms with Crippen molar-refractivity contribution in [2.75, 3.05) is 5.32 Å². The molecule has 0 aliphatic heterocycles. The number of rotatable bonds is 6. The second-order valence-electron chi connectivity index (χ2n) is 7.49. The van der Waals surface area contributed by atoms with Gasteiger partial charge >= 0.3 is 12.0 Å². The number of ether oxygens (including phenoxy) is 1. The minimum absolute atomic E-state index is 0.135. The van der Waals surface area contributed by atoms with Crippen molar-refractivity contribution in [2.45, 2.75) is 18.4 Å². The van der Waals surface area contributed by atoms with Crippen LogP contribution in [0.2, 0.25) is 10.0 Å². The van der Waals surface area contributed by atoms with Crippen molar-refractivity contribution >= 4 is 58.4 Å². The molecule has 190 valence electrons. The summed E-state index contributed by atoms with van der Waals surface area (Å²) in [6.07, 6.45) is 0. The Balaban J connectivity index is 1.94. The third-order valence-corrected chi connectivity index (χ3v) is 5.59. The number of nitriles is 1. The molecule has 0 aromatic heterocycles. The maximum atomic E-state index is 13.9. The molecule has 3 aromatic carbocycles. The van der Waals surface area contributed by atoms with Crippen LogP contribution in [0.25, 0.3) is 0 Å². The normalized spacial score (nSPS) is 12.1. The second-order valence-corrected chi connectivity index (χ2v) is 8.94. The highest BCUT2D eigenvalue weighted by atomic mass is 35.5. The van der Waals surface area contributed by atoms with E-state index < -0.39 is 46.6 Å². The Kier molecular flexibility index (Phi) is 9.05. The van der Waals surface area contributed by atoms with E-state index in [0.29, 0.717) is 16.1 Å². The third-order valence-electron chi connectivity index (χ3n) is 4.93. The Morgan fingerprint density at radius 2 is 1.70 bits per heavy atom. The molecular weight excluding hydrogens is 551 g/mol. The molecule has 0 spiro atoms. The van der Waals surface area contributed by atoms with Crippen LogP contribution in [0.3, 0.4) is 0 Å². The van der Waals surface area contributed by atoms with Crippen LogP contribution in [0.5, 0.6) is 0 Å². The number of imide groups is 1. The van der Waals surface area contributed by atoms with Gasteiger partial charge in [-0.1, -0.05) is 53.0 Å². The van der Waals surface area contributed by atoms with Gasteiger partial charge in [-0.15, -0.1) is 0 Å². The molecule has 3 aromatic rings. The first-order valence-electron chi connectivity index (χ1n) is 10.4. The molecule has 0 saturated heterocycles. The average Bonchev–Trinajstić information content (AvgIpc) is 2.81. The lowest BCUT2D eigenvalue weighted by atomic mass is 9.91. The van der Waals surface area contributed by atoms with Crippen LogP contribution in [0.15, 0.2) is 54.6 Å². The molecule has 0 saturated carbocycles. The van der Waals surface area contributed by atoms with Crippen molar-refractivity contribution < 1.29 is 27.9 Å². The quantitative estimate of drug-likeness (QED) is 0.257. The van der Waals surface area contributed by atoms with Gasteiger partial charge in [0.05, 0.1) is 23.2 Å². The molecule has 7 nitrogen and oxygen atoms in total. The first-order chi connectivity index (χ1) is 17.5. The summed E-state index contributed by atoms with van der Waals surface area (Å²) in [6.45, 7) is 1.39. The molecule has 3 amide bonds. The fourth-order valence-electron chi connectivity index (χ4n) is 3.32. The van der Waals surface area contributed by atoms with E-state index in [1.54, 1.807) is 17.4 Å². The monoisotopic (exact) mass is 565 g/mol. The van der Waals surface area contributed by atoms with Crippen molar-refractivity contribution in [1.82, 2.24) is 5.32 Å². The molecule has 2 atom stereocenters. The van der Waals surface area contributed by atoms with Crippen molar-refractivity contribution in [3.8, 4) is 6.07 Å². The number of esters is 1. The molecule has 0 bridgehead atoms.